The molecule has 2 atom stereocenters. The van der Waals surface area contributed by atoms with Crippen LogP contribution in [0.1, 0.15) is 35.8 Å². The second-order valence-corrected chi connectivity index (χ2v) is 6.52. The van der Waals surface area contributed by atoms with Crippen LogP contribution in [-0.2, 0) is 13.0 Å². The van der Waals surface area contributed by atoms with E-state index in [1.54, 1.807) is 0 Å². The third kappa shape index (κ3) is 3.99. The zero-order valence-corrected chi connectivity index (χ0v) is 14.0. The maximum atomic E-state index is 5.84. The maximum Gasteiger partial charge on any atom is 0.312 e. The normalized spacial score (nSPS) is 18.9. The van der Waals surface area contributed by atoms with E-state index in [2.05, 4.69) is 46.6 Å². The number of anilines is 1. The van der Waals surface area contributed by atoms with Crippen LogP contribution in [0.4, 0.5) is 6.01 Å². The Bertz CT molecular complexity index is 814. The van der Waals surface area contributed by atoms with Gasteiger partial charge in [-0.2, -0.15) is 0 Å². The Hall–Kier alpha value is -2.82. The van der Waals surface area contributed by atoms with Crippen molar-refractivity contribution in [3.8, 4) is 5.75 Å². The summed E-state index contributed by atoms with van der Waals surface area (Å²) in [6.45, 7) is 0.597. The smallest absolute Gasteiger partial charge is 0.312 e. The molecule has 1 heterocycles. The molecule has 0 aliphatic heterocycles. The maximum absolute atomic E-state index is 5.84. The van der Waals surface area contributed by atoms with Gasteiger partial charge in [-0.15, -0.1) is 5.10 Å². The summed E-state index contributed by atoms with van der Waals surface area (Å²) in [6.07, 6.45) is 3.07. The van der Waals surface area contributed by atoms with Gasteiger partial charge in [-0.25, -0.2) is 0 Å². The molecule has 0 spiro atoms. The first kappa shape index (κ1) is 15.7. The van der Waals surface area contributed by atoms with Gasteiger partial charge in [0.2, 0.25) is 5.89 Å². The van der Waals surface area contributed by atoms with E-state index in [4.69, 9.17) is 14.9 Å². The lowest BCUT2D eigenvalue weighted by atomic mass is 10.1. The average Bonchev–Trinajstić information content (AvgIpc) is 3.32. The SMILES string of the molecule is Nc1nnc(CC[C@@H]2C[C@H]2c2ccc(OCc3ccccc3)cc2)o1. The molecule has 5 nitrogen and oxygen atoms in total. The zero-order valence-electron chi connectivity index (χ0n) is 14.0. The number of rotatable bonds is 7. The molecule has 2 aromatic carbocycles. The molecule has 5 heteroatoms. The summed E-state index contributed by atoms with van der Waals surface area (Å²) in [5, 5.41) is 7.60. The fourth-order valence-corrected chi connectivity index (χ4v) is 3.20. The van der Waals surface area contributed by atoms with Gasteiger partial charge in [0.1, 0.15) is 12.4 Å². The first-order chi connectivity index (χ1) is 12.3. The van der Waals surface area contributed by atoms with Gasteiger partial charge in [0.15, 0.2) is 0 Å². The zero-order chi connectivity index (χ0) is 17.1. The van der Waals surface area contributed by atoms with Crippen molar-refractivity contribution >= 4 is 6.01 Å². The first-order valence-electron chi connectivity index (χ1n) is 8.62. The predicted octanol–water partition coefficient (Wildman–Crippen LogP) is 3.97. The second kappa shape index (κ2) is 6.97. The van der Waals surface area contributed by atoms with Gasteiger partial charge in [0, 0.05) is 6.42 Å². The number of aromatic nitrogens is 2. The Balaban J connectivity index is 1.26. The molecular formula is C20H21N3O2. The summed E-state index contributed by atoms with van der Waals surface area (Å²) in [5.41, 5.74) is 8.00. The van der Waals surface area contributed by atoms with Crippen molar-refractivity contribution in [1.29, 1.82) is 0 Å². The van der Waals surface area contributed by atoms with E-state index in [-0.39, 0.29) is 6.01 Å². The highest BCUT2D eigenvalue weighted by atomic mass is 16.5. The Morgan fingerprint density at radius 3 is 2.56 bits per heavy atom. The van der Waals surface area contributed by atoms with Gasteiger partial charge in [0.25, 0.3) is 0 Å². The van der Waals surface area contributed by atoms with Crippen LogP contribution < -0.4 is 10.5 Å². The standard InChI is InChI=1S/C20H21N3O2/c21-20-23-22-19(25-20)11-8-16-12-18(16)15-6-9-17(10-7-15)24-13-14-4-2-1-3-5-14/h1-7,9-10,16,18H,8,11-13H2,(H2,21,23)/t16-,18+/m1/s1. The average molecular weight is 335 g/mol. The summed E-state index contributed by atoms with van der Waals surface area (Å²) in [4.78, 5) is 0. The lowest BCUT2D eigenvalue weighted by Crippen LogP contribution is -1.95. The Kier molecular flexibility index (Phi) is 4.37. The van der Waals surface area contributed by atoms with Crippen molar-refractivity contribution in [2.75, 3.05) is 5.73 Å². The van der Waals surface area contributed by atoms with Crippen LogP contribution in [0.15, 0.2) is 59.0 Å². The molecule has 0 radical (unpaired) electrons. The van der Waals surface area contributed by atoms with E-state index in [9.17, 15) is 0 Å². The molecule has 1 saturated carbocycles. The van der Waals surface area contributed by atoms with E-state index >= 15 is 0 Å². The van der Waals surface area contributed by atoms with Crippen LogP contribution in [0.5, 0.6) is 5.75 Å². The highest BCUT2D eigenvalue weighted by Crippen LogP contribution is 2.50. The van der Waals surface area contributed by atoms with E-state index < -0.39 is 0 Å². The van der Waals surface area contributed by atoms with Gasteiger partial charge in [-0.3, -0.25) is 0 Å². The van der Waals surface area contributed by atoms with E-state index in [1.165, 1.54) is 17.5 Å². The predicted molar refractivity (Wildman–Crippen MR) is 95.1 cm³/mol. The van der Waals surface area contributed by atoms with Crippen LogP contribution in [0.2, 0.25) is 0 Å². The molecule has 1 fully saturated rings. The molecule has 2 N–H and O–H groups in total. The van der Waals surface area contributed by atoms with Crippen molar-refractivity contribution in [3.05, 3.63) is 71.6 Å². The summed E-state index contributed by atoms with van der Waals surface area (Å²) in [5.74, 6) is 2.85. The second-order valence-electron chi connectivity index (χ2n) is 6.52. The number of ether oxygens (including phenoxy) is 1. The number of hydrogen-bond acceptors (Lipinski definition) is 5. The van der Waals surface area contributed by atoms with E-state index in [0.29, 0.717) is 24.3 Å². The number of nitrogen functional groups attached to an aromatic ring is 1. The number of nitrogens with two attached hydrogens (primary N) is 1. The molecule has 4 rings (SSSR count). The van der Waals surface area contributed by atoms with Gasteiger partial charge < -0.3 is 14.9 Å². The molecule has 25 heavy (non-hydrogen) atoms. The molecule has 0 amide bonds. The van der Waals surface area contributed by atoms with Crippen LogP contribution in [0.3, 0.4) is 0 Å². The quantitative estimate of drug-likeness (QED) is 0.707. The lowest BCUT2D eigenvalue weighted by Gasteiger charge is -2.07. The van der Waals surface area contributed by atoms with Crippen molar-refractivity contribution in [2.24, 2.45) is 5.92 Å². The fraction of sp³-hybridized carbons (Fsp3) is 0.300. The largest absolute Gasteiger partial charge is 0.489 e. The highest BCUT2D eigenvalue weighted by molar-refractivity contribution is 5.33. The van der Waals surface area contributed by atoms with Crippen LogP contribution in [0, 0.1) is 5.92 Å². The third-order valence-corrected chi connectivity index (χ3v) is 4.69. The van der Waals surface area contributed by atoms with Crippen molar-refractivity contribution in [2.45, 2.75) is 31.8 Å². The summed E-state index contributed by atoms with van der Waals surface area (Å²) in [6, 6.07) is 18.8. The summed E-state index contributed by atoms with van der Waals surface area (Å²) in [7, 11) is 0. The number of hydrogen-bond donors (Lipinski definition) is 1. The monoisotopic (exact) mass is 335 g/mol. The van der Waals surface area contributed by atoms with Gasteiger partial charge in [-0.1, -0.05) is 47.6 Å². The van der Waals surface area contributed by atoms with Gasteiger partial charge in [0.05, 0.1) is 0 Å². The minimum absolute atomic E-state index is 0.147. The minimum atomic E-state index is 0.147. The molecular weight excluding hydrogens is 314 g/mol. The Morgan fingerprint density at radius 1 is 1.04 bits per heavy atom. The molecule has 0 saturated heterocycles. The van der Waals surface area contributed by atoms with Gasteiger partial charge >= 0.3 is 6.01 Å². The number of benzene rings is 2. The fourth-order valence-electron chi connectivity index (χ4n) is 3.20. The lowest BCUT2D eigenvalue weighted by molar-refractivity contribution is 0.306. The molecule has 3 aromatic rings. The Labute approximate surface area is 146 Å². The van der Waals surface area contributed by atoms with Gasteiger partial charge in [-0.05, 0) is 47.9 Å². The van der Waals surface area contributed by atoms with Crippen molar-refractivity contribution in [1.82, 2.24) is 10.2 Å². The molecule has 1 aliphatic carbocycles. The van der Waals surface area contributed by atoms with E-state index in [1.807, 2.05) is 18.2 Å². The minimum Gasteiger partial charge on any atom is -0.489 e. The van der Waals surface area contributed by atoms with Crippen LogP contribution >= 0.6 is 0 Å². The molecule has 128 valence electrons. The number of aryl methyl sites for hydroxylation is 1. The molecule has 0 unspecified atom stereocenters. The molecule has 1 aliphatic rings. The highest BCUT2D eigenvalue weighted by Gasteiger charge is 2.37. The summed E-state index contributed by atoms with van der Waals surface area (Å²) < 4.78 is 11.1. The van der Waals surface area contributed by atoms with E-state index in [0.717, 1.165) is 18.6 Å². The third-order valence-electron chi connectivity index (χ3n) is 4.69. The van der Waals surface area contributed by atoms with Crippen LogP contribution in [-0.4, -0.2) is 10.2 Å². The molecule has 1 aromatic heterocycles. The molecule has 0 bridgehead atoms. The first-order valence-corrected chi connectivity index (χ1v) is 8.62. The number of nitrogens with zero attached hydrogens (tertiary/aromatic N) is 2. The van der Waals surface area contributed by atoms with Crippen molar-refractivity contribution in [3.63, 3.8) is 0 Å². The summed E-state index contributed by atoms with van der Waals surface area (Å²) >= 11 is 0. The van der Waals surface area contributed by atoms with Crippen LogP contribution in [0.25, 0.3) is 0 Å². The topological polar surface area (TPSA) is 74.2 Å². The Morgan fingerprint density at radius 2 is 1.84 bits per heavy atom. The van der Waals surface area contributed by atoms with Crippen molar-refractivity contribution < 1.29 is 9.15 Å².